The zero-order chi connectivity index (χ0) is 15.2. The number of ether oxygens (including phenoxy) is 1. The predicted molar refractivity (Wildman–Crippen MR) is 75.0 cm³/mol. The number of aliphatic hydroxyl groups is 1. The summed E-state index contributed by atoms with van der Waals surface area (Å²) in [6.07, 6.45) is 3.32. The molecule has 0 aliphatic carbocycles. The smallest absolute Gasteiger partial charge is 0.320 e. The molecule has 0 spiro atoms. The number of nitrogens with zero attached hydrogens (tertiary/aromatic N) is 2. The van der Waals surface area contributed by atoms with Crippen LogP contribution in [-0.2, 0) is 9.53 Å². The molecule has 1 unspecified atom stereocenters. The van der Waals surface area contributed by atoms with Crippen molar-refractivity contribution in [2.45, 2.75) is 44.2 Å². The molecule has 2 fully saturated rings. The van der Waals surface area contributed by atoms with Crippen LogP contribution in [-0.4, -0.2) is 77.0 Å². The van der Waals surface area contributed by atoms with Crippen LogP contribution >= 0.6 is 0 Å². The van der Waals surface area contributed by atoms with E-state index in [2.05, 4.69) is 0 Å². The number of rotatable bonds is 5. The summed E-state index contributed by atoms with van der Waals surface area (Å²) in [5.41, 5.74) is 0. The van der Waals surface area contributed by atoms with Crippen LogP contribution in [0.15, 0.2) is 0 Å². The van der Waals surface area contributed by atoms with E-state index in [1.54, 1.807) is 9.80 Å². The van der Waals surface area contributed by atoms with Crippen molar-refractivity contribution in [3.05, 3.63) is 0 Å². The average Bonchev–Trinajstić information content (AvgIpc) is 2.92. The Balaban J connectivity index is 1.82. The van der Waals surface area contributed by atoms with Gasteiger partial charge in [-0.1, -0.05) is 0 Å². The second-order valence-corrected chi connectivity index (χ2v) is 5.65. The molecule has 2 saturated heterocycles. The van der Waals surface area contributed by atoms with E-state index in [0.717, 1.165) is 25.7 Å². The second kappa shape index (κ2) is 7.61. The van der Waals surface area contributed by atoms with Gasteiger partial charge in [0.05, 0.1) is 25.7 Å². The first-order chi connectivity index (χ1) is 10.1. The van der Waals surface area contributed by atoms with Crippen molar-refractivity contribution in [2.75, 3.05) is 32.8 Å². The normalized spacial score (nSPS) is 23.6. The number of hydrogen-bond donors (Lipinski definition) is 2. The van der Waals surface area contributed by atoms with Crippen molar-refractivity contribution in [2.24, 2.45) is 0 Å². The van der Waals surface area contributed by atoms with Crippen molar-refractivity contribution in [3.63, 3.8) is 0 Å². The van der Waals surface area contributed by atoms with Gasteiger partial charge in [-0.05, 0) is 25.7 Å². The lowest BCUT2D eigenvalue weighted by atomic mass is 10.1. The van der Waals surface area contributed by atoms with Crippen LogP contribution in [0.1, 0.15) is 32.1 Å². The van der Waals surface area contributed by atoms with Crippen LogP contribution in [0.5, 0.6) is 0 Å². The number of carboxylic acid groups (broad SMARTS) is 1. The second-order valence-electron chi connectivity index (χ2n) is 5.65. The Labute approximate surface area is 124 Å². The van der Waals surface area contributed by atoms with Crippen molar-refractivity contribution < 1.29 is 24.5 Å². The predicted octanol–water partition coefficient (Wildman–Crippen LogP) is 0.519. The third kappa shape index (κ3) is 4.31. The maximum atomic E-state index is 12.5. The number of hydrogen-bond acceptors (Lipinski definition) is 4. The van der Waals surface area contributed by atoms with Crippen molar-refractivity contribution >= 4 is 12.0 Å². The summed E-state index contributed by atoms with van der Waals surface area (Å²) in [5, 5.41) is 17.7. The van der Waals surface area contributed by atoms with E-state index >= 15 is 0 Å². The number of urea groups is 1. The molecule has 0 aromatic carbocycles. The summed E-state index contributed by atoms with van der Waals surface area (Å²) in [6.45, 7) is 2.27. The van der Waals surface area contributed by atoms with Gasteiger partial charge in [0.15, 0.2) is 0 Å². The number of aliphatic hydroxyl groups excluding tert-OH is 1. The van der Waals surface area contributed by atoms with Crippen molar-refractivity contribution in [1.82, 2.24) is 9.80 Å². The van der Waals surface area contributed by atoms with Crippen LogP contribution in [0.25, 0.3) is 0 Å². The lowest BCUT2D eigenvalue weighted by Gasteiger charge is -2.36. The largest absolute Gasteiger partial charge is 0.481 e. The Hall–Kier alpha value is -1.34. The molecular formula is C14H24N2O5. The molecule has 0 bridgehead atoms. The summed E-state index contributed by atoms with van der Waals surface area (Å²) < 4.78 is 5.48. The Morgan fingerprint density at radius 1 is 1.14 bits per heavy atom. The summed E-state index contributed by atoms with van der Waals surface area (Å²) in [7, 11) is 0. The molecule has 21 heavy (non-hydrogen) atoms. The molecule has 7 heteroatoms. The number of carbonyl (C=O) groups is 2. The lowest BCUT2D eigenvalue weighted by molar-refractivity contribution is -0.138. The van der Waals surface area contributed by atoms with Gasteiger partial charge in [-0.15, -0.1) is 0 Å². The maximum absolute atomic E-state index is 12.5. The molecule has 2 aliphatic heterocycles. The van der Waals surface area contributed by atoms with Crippen LogP contribution < -0.4 is 0 Å². The summed E-state index contributed by atoms with van der Waals surface area (Å²) in [4.78, 5) is 26.8. The molecule has 0 radical (unpaired) electrons. The first-order valence-electron chi connectivity index (χ1n) is 7.61. The van der Waals surface area contributed by atoms with Crippen molar-refractivity contribution in [3.8, 4) is 0 Å². The number of aliphatic carboxylic acids is 1. The molecule has 2 amide bonds. The SMILES string of the molecule is O=C(O)CC1CCCN1C(=O)N1CCC(OCCO)CC1. The van der Waals surface area contributed by atoms with Crippen LogP contribution in [0.4, 0.5) is 4.79 Å². The Bertz CT molecular complexity index is 368. The third-order valence-electron chi connectivity index (χ3n) is 4.19. The van der Waals surface area contributed by atoms with Crippen molar-refractivity contribution in [1.29, 1.82) is 0 Å². The highest BCUT2D eigenvalue weighted by Crippen LogP contribution is 2.23. The number of carboxylic acids is 1. The lowest BCUT2D eigenvalue weighted by Crippen LogP contribution is -2.49. The van der Waals surface area contributed by atoms with Crippen LogP contribution in [0.3, 0.4) is 0 Å². The summed E-state index contributed by atoms with van der Waals surface area (Å²) in [5.74, 6) is -0.851. The first-order valence-corrected chi connectivity index (χ1v) is 7.61. The zero-order valence-electron chi connectivity index (χ0n) is 12.2. The number of carbonyl (C=O) groups excluding carboxylic acids is 1. The topological polar surface area (TPSA) is 90.3 Å². The molecule has 0 saturated carbocycles. The Morgan fingerprint density at radius 3 is 2.48 bits per heavy atom. The molecule has 0 aromatic rings. The van der Waals surface area contributed by atoms with E-state index < -0.39 is 5.97 Å². The highest BCUT2D eigenvalue weighted by molar-refractivity contribution is 5.76. The minimum atomic E-state index is -0.851. The molecule has 2 heterocycles. The molecule has 2 rings (SSSR count). The van der Waals surface area contributed by atoms with Gasteiger partial charge < -0.3 is 24.7 Å². The van der Waals surface area contributed by atoms with E-state index in [4.69, 9.17) is 14.9 Å². The average molecular weight is 300 g/mol. The zero-order valence-corrected chi connectivity index (χ0v) is 12.2. The Morgan fingerprint density at radius 2 is 1.86 bits per heavy atom. The van der Waals surface area contributed by atoms with Gasteiger partial charge in [-0.2, -0.15) is 0 Å². The van der Waals surface area contributed by atoms with E-state index in [-0.39, 0.29) is 31.2 Å². The van der Waals surface area contributed by atoms with Gasteiger partial charge >= 0.3 is 12.0 Å². The Kier molecular flexibility index (Phi) is 5.81. The van der Waals surface area contributed by atoms with Gasteiger partial charge in [0.25, 0.3) is 0 Å². The molecule has 1 atom stereocenters. The third-order valence-corrected chi connectivity index (χ3v) is 4.19. The van der Waals surface area contributed by atoms with E-state index in [0.29, 0.717) is 26.2 Å². The van der Waals surface area contributed by atoms with Gasteiger partial charge in [-0.25, -0.2) is 4.79 Å². The first kappa shape index (κ1) is 16.0. The fourth-order valence-electron chi connectivity index (χ4n) is 3.12. The van der Waals surface area contributed by atoms with Crippen LogP contribution in [0.2, 0.25) is 0 Å². The summed E-state index contributed by atoms with van der Waals surface area (Å²) in [6, 6.07) is -0.210. The van der Waals surface area contributed by atoms with Gasteiger partial charge in [0.2, 0.25) is 0 Å². The van der Waals surface area contributed by atoms with E-state index in [1.807, 2.05) is 0 Å². The van der Waals surface area contributed by atoms with Gasteiger partial charge in [0, 0.05) is 25.7 Å². The molecule has 7 nitrogen and oxygen atoms in total. The summed E-state index contributed by atoms with van der Waals surface area (Å²) >= 11 is 0. The highest BCUT2D eigenvalue weighted by Gasteiger charge is 2.34. The van der Waals surface area contributed by atoms with E-state index in [9.17, 15) is 9.59 Å². The van der Waals surface area contributed by atoms with Gasteiger partial charge in [-0.3, -0.25) is 4.79 Å². The highest BCUT2D eigenvalue weighted by atomic mass is 16.5. The standard InChI is InChI=1S/C14H24N2O5/c17-8-9-21-12-3-6-15(7-4-12)14(20)16-5-1-2-11(16)10-13(18)19/h11-12,17H,1-10H2,(H,18,19). The number of amides is 2. The molecule has 2 N–H and O–H groups in total. The van der Waals surface area contributed by atoms with E-state index in [1.165, 1.54) is 0 Å². The number of likely N-dealkylation sites (tertiary alicyclic amines) is 2. The fourth-order valence-corrected chi connectivity index (χ4v) is 3.12. The monoisotopic (exact) mass is 300 g/mol. The quantitative estimate of drug-likeness (QED) is 0.772. The number of piperidine rings is 1. The molecule has 0 aromatic heterocycles. The minimum absolute atomic E-state index is 0.0176. The minimum Gasteiger partial charge on any atom is -0.481 e. The maximum Gasteiger partial charge on any atom is 0.320 e. The van der Waals surface area contributed by atoms with Crippen LogP contribution in [0, 0.1) is 0 Å². The van der Waals surface area contributed by atoms with Gasteiger partial charge in [0.1, 0.15) is 0 Å². The molecule has 2 aliphatic rings. The molecular weight excluding hydrogens is 276 g/mol. The fraction of sp³-hybridized carbons (Fsp3) is 0.857. The molecule has 120 valence electrons.